The molecule has 3 fully saturated rings. The van der Waals surface area contributed by atoms with Crippen molar-refractivity contribution in [3.63, 3.8) is 0 Å². The molecule has 2 bridgehead atoms. The highest BCUT2D eigenvalue weighted by atomic mass is 19.1. The minimum absolute atomic E-state index is 0.0235. The van der Waals surface area contributed by atoms with Crippen LogP contribution in [0.2, 0.25) is 0 Å². The maximum atomic E-state index is 15.2. The number of hydrogen-bond donors (Lipinski definition) is 1. The van der Waals surface area contributed by atoms with Crippen LogP contribution in [-0.2, 0) is 30.3 Å². The fourth-order valence-corrected chi connectivity index (χ4v) is 9.53. The van der Waals surface area contributed by atoms with E-state index in [0.717, 1.165) is 45.3 Å². The van der Waals surface area contributed by atoms with Gasteiger partial charge in [0, 0.05) is 35.2 Å². The molecule has 5 rings (SSSR count). The summed E-state index contributed by atoms with van der Waals surface area (Å²) in [6.45, 7) is 15.2. The van der Waals surface area contributed by atoms with Crippen molar-refractivity contribution >= 4 is 24.3 Å². The summed E-state index contributed by atoms with van der Waals surface area (Å²) in [5, 5.41) is 10.0. The van der Waals surface area contributed by atoms with E-state index in [0.29, 0.717) is 18.4 Å². The Hall–Kier alpha value is -2.01. The van der Waals surface area contributed by atoms with Crippen LogP contribution >= 0.6 is 0 Å². The molecule has 1 heterocycles. The number of esters is 1. The Balaban J connectivity index is 1.47. The molecule has 0 saturated heterocycles. The van der Waals surface area contributed by atoms with Gasteiger partial charge < -0.3 is 28.8 Å². The summed E-state index contributed by atoms with van der Waals surface area (Å²) >= 11 is 0. The van der Waals surface area contributed by atoms with E-state index < -0.39 is 42.4 Å². The molecule has 3 saturated carbocycles. The van der Waals surface area contributed by atoms with E-state index in [2.05, 4.69) is 46.4 Å². The zero-order valence-electron chi connectivity index (χ0n) is 27.6. The summed E-state index contributed by atoms with van der Waals surface area (Å²) in [4.78, 5) is 30.6. The topological polar surface area (TPSA) is 94.5 Å². The predicted octanol–water partition coefficient (Wildman–Crippen LogP) is 4.53. The fraction of sp³-hybridized carbons (Fsp3) is 0.765. The molecule has 0 amide bonds. The summed E-state index contributed by atoms with van der Waals surface area (Å²) in [5.74, 6) is -1.04. The third-order valence-corrected chi connectivity index (χ3v) is 12.5. The van der Waals surface area contributed by atoms with Crippen LogP contribution in [0.5, 0.6) is 5.75 Å². The summed E-state index contributed by atoms with van der Waals surface area (Å²) in [6.07, 6.45) is 4.26. The molecule has 44 heavy (non-hydrogen) atoms. The number of ether oxygens (including phenoxy) is 3. The Morgan fingerprint density at radius 2 is 1.89 bits per heavy atom. The smallest absolute Gasteiger partial charge is 0.479 e. The third kappa shape index (κ3) is 5.41. The maximum absolute atomic E-state index is 15.2. The van der Waals surface area contributed by atoms with Crippen molar-refractivity contribution in [1.29, 1.82) is 0 Å². The number of carbonyl (C=O) groups excluding carboxylic acids is 2. The lowest BCUT2D eigenvalue weighted by Crippen LogP contribution is -2.63. The molecule has 1 aromatic rings. The van der Waals surface area contributed by atoms with Gasteiger partial charge in [0.05, 0.1) is 12.7 Å². The zero-order valence-corrected chi connectivity index (χ0v) is 27.6. The molecule has 4 aliphatic rings. The Labute approximate surface area is 262 Å². The second-order valence-electron chi connectivity index (χ2n) is 14.3. The number of carbonyl (C=O) groups is 2. The minimum Gasteiger partial charge on any atom is -0.479 e. The van der Waals surface area contributed by atoms with Crippen LogP contribution in [0.3, 0.4) is 0 Å². The largest absolute Gasteiger partial charge is 0.494 e. The number of rotatable bonds is 10. The van der Waals surface area contributed by atoms with Crippen molar-refractivity contribution in [2.24, 2.45) is 34.0 Å². The molecule has 0 unspecified atom stereocenters. The molecule has 1 N–H and O–H groups in total. The number of benzene rings is 1. The van der Waals surface area contributed by atoms with Crippen molar-refractivity contribution in [3.8, 4) is 5.75 Å². The average molecular weight is 616 g/mol. The summed E-state index contributed by atoms with van der Waals surface area (Å²) < 4.78 is 38.5. The van der Waals surface area contributed by atoms with Crippen molar-refractivity contribution < 1.29 is 37.9 Å². The molecule has 8 atom stereocenters. The molecule has 10 heteroatoms. The zero-order chi connectivity index (χ0) is 32.0. The van der Waals surface area contributed by atoms with Gasteiger partial charge in [0.25, 0.3) is 0 Å². The highest BCUT2D eigenvalue weighted by Gasteiger charge is 2.68. The van der Waals surface area contributed by atoms with Crippen LogP contribution in [0.4, 0.5) is 4.39 Å². The van der Waals surface area contributed by atoms with Gasteiger partial charge in [-0.1, -0.05) is 47.6 Å². The molecular formula is C34H51BFNO7. The normalized spacial score (nSPS) is 36.5. The van der Waals surface area contributed by atoms with Gasteiger partial charge in [0.1, 0.15) is 11.9 Å². The lowest BCUT2D eigenvalue weighted by atomic mass is 9.43. The van der Waals surface area contributed by atoms with Crippen LogP contribution in [0.15, 0.2) is 12.1 Å². The number of nitrogens with zero attached hydrogens (tertiary/aromatic N) is 1. The quantitative estimate of drug-likeness (QED) is 0.303. The van der Waals surface area contributed by atoms with Gasteiger partial charge in [-0.05, 0) is 81.1 Å². The first-order valence-corrected chi connectivity index (χ1v) is 16.6. The Bertz CT molecular complexity index is 1240. The average Bonchev–Trinajstić information content (AvgIpc) is 3.59. The molecule has 1 aliphatic heterocycles. The molecule has 0 radical (unpaired) electrons. The summed E-state index contributed by atoms with van der Waals surface area (Å²) in [5.41, 5.74) is -0.740. The first-order valence-electron chi connectivity index (χ1n) is 16.6. The number of methoxy groups -OCH3 is 1. The maximum Gasteiger partial charge on any atom is 0.494 e. The molecule has 0 spiro atoms. The van der Waals surface area contributed by atoms with Gasteiger partial charge in [0.15, 0.2) is 18.2 Å². The van der Waals surface area contributed by atoms with E-state index in [-0.39, 0.29) is 52.9 Å². The van der Waals surface area contributed by atoms with Gasteiger partial charge in [-0.25, -0.2) is 9.18 Å². The summed E-state index contributed by atoms with van der Waals surface area (Å²) in [7, 11) is 0.395. The van der Waals surface area contributed by atoms with E-state index in [1.165, 1.54) is 6.07 Å². The van der Waals surface area contributed by atoms with Gasteiger partial charge >= 0.3 is 13.1 Å². The van der Waals surface area contributed by atoms with E-state index in [1.807, 2.05) is 0 Å². The Morgan fingerprint density at radius 3 is 2.57 bits per heavy atom. The highest BCUT2D eigenvalue weighted by molar-refractivity contribution is 6.61. The first-order chi connectivity index (χ1) is 20.9. The number of halogens is 1. The van der Waals surface area contributed by atoms with E-state index in [4.69, 9.17) is 18.9 Å². The van der Waals surface area contributed by atoms with Crippen LogP contribution in [0.25, 0.3) is 0 Å². The number of ketones is 1. The lowest BCUT2D eigenvalue weighted by molar-refractivity contribution is -0.208. The number of hydrogen-bond acceptors (Lipinski definition) is 8. The van der Waals surface area contributed by atoms with Crippen molar-refractivity contribution in [2.75, 3.05) is 33.4 Å². The van der Waals surface area contributed by atoms with Crippen molar-refractivity contribution in [1.82, 2.24) is 4.90 Å². The monoisotopic (exact) mass is 615 g/mol. The van der Waals surface area contributed by atoms with Crippen molar-refractivity contribution in [3.05, 3.63) is 23.5 Å². The van der Waals surface area contributed by atoms with Crippen LogP contribution < -0.4 is 10.2 Å². The van der Waals surface area contributed by atoms with Gasteiger partial charge in [-0.15, -0.1) is 0 Å². The fourth-order valence-electron chi connectivity index (χ4n) is 9.53. The molecule has 8 nitrogen and oxygen atoms in total. The number of Topliss-reactive ketones (excluding diaryl/α,β-unsaturated/α-hetero) is 1. The van der Waals surface area contributed by atoms with Gasteiger partial charge in [0.2, 0.25) is 0 Å². The van der Waals surface area contributed by atoms with Crippen LogP contribution in [-0.4, -0.2) is 74.4 Å². The van der Waals surface area contributed by atoms with E-state index >= 15 is 4.39 Å². The van der Waals surface area contributed by atoms with E-state index in [9.17, 15) is 14.6 Å². The lowest BCUT2D eigenvalue weighted by Gasteiger charge is -2.62. The molecule has 3 aliphatic carbocycles. The Morgan fingerprint density at radius 1 is 1.18 bits per heavy atom. The van der Waals surface area contributed by atoms with Crippen LogP contribution in [0, 0.1) is 39.8 Å². The van der Waals surface area contributed by atoms with Gasteiger partial charge in [-0.3, -0.25) is 4.79 Å². The predicted molar refractivity (Wildman–Crippen MR) is 166 cm³/mol. The highest BCUT2D eigenvalue weighted by Crippen LogP contribution is 2.68. The Kier molecular flexibility index (Phi) is 9.59. The minimum atomic E-state index is -1.36. The second kappa shape index (κ2) is 12.7. The van der Waals surface area contributed by atoms with Crippen molar-refractivity contribution in [2.45, 2.75) is 98.9 Å². The van der Waals surface area contributed by atoms with Crippen LogP contribution in [0.1, 0.15) is 85.6 Å². The standard InChI is InChI=1S/C34H51BFNO7/c1-8-37(9-2)17-16-32(5)18-26(44-27(38)20-42-24-11-10-23-19-43-35(40)28(23)29(24)36)33(6)21(3)12-14-34(22(4)31(32)39)15-13-25(41-7)30(33)34/h10-11,21-22,25-26,30,40H,8-9,12-20H2,1-7H3/t21-,22-,25+,26+,30+,32+,33-,34-/m0/s1. The molecule has 1 aromatic carbocycles. The molecular weight excluding hydrogens is 564 g/mol. The summed E-state index contributed by atoms with van der Waals surface area (Å²) in [6, 6.07) is 3.08. The van der Waals surface area contributed by atoms with E-state index in [1.54, 1.807) is 13.2 Å². The third-order valence-electron chi connectivity index (χ3n) is 12.5. The number of fused-ring (bicyclic) bond motifs is 1. The van der Waals surface area contributed by atoms with Gasteiger partial charge in [-0.2, -0.15) is 0 Å². The SMILES string of the molecule is CCN(CC)CC[C@]1(C)C[C@@H](OC(=O)COc2ccc3c(c2F)B(O)OC3)[C@]2(C)[C@@H](C)CC[C@]3(CC[C@@H](OC)[C@@H]32)[C@@H](C)C1=O. The molecule has 244 valence electrons. The second-order valence-corrected chi connectivity index (χ2v) is 14.3. The first kappa shape index (κ1) is 33.4. The molecule has 0 aromatic heterocycles.